The summed E-state index contributed by atoms with van der Waals surface area (Å²) in [6, 6.07) is 0.896. The number of carbonyl (C=O) groups excluding carboxylic acids is 1. The van der Waals surface area contributed by atoms with E-state index in [-0.39, 0.29) is 35.5 Å². The molecule has 126 valence electrons. The Hall–Kier alpha value is -1.04. The van der Waals surface area contributed by atoms with Gasteiger partial charge in [-0.25, -0.2) is 4.39 Å². The predicted molar refractivity (Wildman–Crippen MR) is 87.6 cm³/mol. The third-order valence-corrected chi connectivity index (χ3v) is 5.56. The van der Waals surface area contributed by atoms with Gasteiger partial charge in [-0.3, -0.25) is 4.79 Å². The fourth-order valence-electron chi connectivity index (χ4n) is 3.81. The number of halogens is 3. The van der Waals surface area contributed by atoms with Crippen LogP contribution < -0.4 is 5.32 Å². The van der Waals surface area contributed by atoms with E-state index in [1.165, 1.54) is 0 Å². The van der Waals surface area contributed by atoms with Crippen molar-refractivity contribution in [3.8, 4) is 5.75 Å². The zero-order chi connectivity index (χ0) is 15.5. The van der Waals surface area contributed by atoms with E-state index in [2.05, 4.69) is 5.32 Å². The van der Waals surface area contributed by atoms with Gasteiger partial charge in [0.1, 0.15) is 0 Å². The molecule has 1 aromatic carbocycles. The molecule has 4 rings (SSSR count). The van der Waals surface area contributed by atoms with Crippen LogP contribution in [0.5, 0.6) is 5.75 Å². The minimum absolute atomic E-state index is 0. The van der Waals surface area contributed by atoms with Gasteiger partial charge in [0.25, 0.3) is 0 Å². The van der Waals surface area contributed by atoms with Crippen LogP contribution in [0.4, 0.5) is 4.39 Å². The van der Waals surface area contributed by atoms with E-state index in [9.17, 15) is 14.3 Å². The number of rotatable bonds is 2. The van der Waals surface area contributed by atoms with Crippen molar-refractivity contribution in [2.45, 2.75) is 31.7 Å². The standard InChI is InChI=1S/C16H18ClFN2O2.ClH/c17-10-5-11(18)15(22)14-9(10)1-4-19-12(14)7-20-8-16(2-3-16)6-13(20)21;/h5,12,19,22H,1-4,6-8H2;1H. The second kappa shape index (κ2) is 5.80. The van der Waals surface area contributed by atoms with Gasteiger partial charge in [-0.1, -0.05) is 11.6 Å². The third kappa shape index (κ3) is 2.79. The van der Waals surface area contributed by atoms with Gasteiger partial charge in [0.05, 0.1) is 6.04 Å². The van der Waals surface area contributed by atoms with Crippen LogP contribution in [-0.4, -0.2) is 35.5 Å². The molecule has 1 aromatic rings. The quantitative estimate of drug-likeness (QED) is 0.852. The van der Waals surface area contributed by atoms with Crippen LogP contribution in [-0.2, 0) is 11.2 Å². The molecule has 0 bridgehead atoms. The van der Waals surface area contributed by atoms with Gasteiger partial charge >= 0.3 is 0 Å². The summed E-state index contributed by atoms with van der Waals surface area (Å²) in [5.41, 5.74) is 1.51. The van der Waals surface area contributed by atoms with E-state index in [0.717, 1.165) is 31.0 Å². The van der Waals surface area contributed by atoms with E-state index in [0.29, 0.717) is 36.5 Å². The molecule has 1 aliphatic carbocycles. The normalized spacial score (nSPS) is 24.5. The molecule has 0 aromatic heterocycles. The van der Waals surface area contributed by atoms with Crippen molar-refractivity contribution < 1.29 is 14.3 Å². The third-order valence-electron chi connectivity index (χ3n) is 5.23. The first-order valence-electron chi connectivity index (χ1n) is 7.70. The molecule has 1 spiro atoms. The number of amides is 1. The highest BCUT2D eigenvalue weighted by atomic mass is 35.5. The topological polar surface area (TPSA) is 52.6 Å². The number of phenols is 1. The van der Waals surface area contributed by atoms with Crippen LogP contribution in [0.25, 0.3) is 0 Å². The number of carbonyl (C=O) groups is 1. The second-order valence-electron chi connectivity index (χ2n) is 6.79. The number of aromatic hydroxyl groups is 1. The Balaban J connectivity index is 0.00000156. The largest absolute Gasteiger partial charge is 0.505 e. The predicted octanol–water partition coefficient (Wildman–Crippen LogP) is 2.81. The lowest BCUT2D eigenvalue weighted by Gasteiger charge is -2.31. The molecule has 2 aliphatic heterocycles. The maximum atomic E-state index is 13.8. The lowest BCUT2D eigenvalue weighted by Crippen LogP contribution is -2.40. The van der Waals surface area contributed by atoms with Crippen LogP contribution in [0.3, 0.4) is 0 Å². The Kier molecular flexibility index (Phi) is 4.23. The SMILES string of the molecule is Cl.O=C1CC2(CC2)CN1CC1NCCc2c(Cl)cc(F)c(O)c21. The number of nitrogens with one attached hydrogen (secondary N) is 1. The van der Waals surface area contributed by atoms with Crippen molar-refractivity contribution >= 4 is 29.9 Å². The maximum absolute atomic E-state index is 13.8. The fourth-order valence-corrected chi connectivity index (χ4v) is 4.10. The highest BCUT2D eigenvalue weighted by Crippen LogP contribution is 2.53. The van der Waals surface area contributed by atoms with E-state index in [1.807, 2.05) is 4.90 Å². The van der Waals surface area contributed by atoms with Crippen molar-refractivity contribution in [3.05, 3.63) is 28.0 Å². The van der Waals surface area contributed by atoms with Crippen LogP contribution in [0.2, 0.25) is 5.02 Å². The maximum Gasteiger partial charge on any atom is 0.223 e. The van der Waals surface area contributed by atoms with Crippen LogP contribution in [0.15, 0.2) is 6.07 Å². The lowest BCUT2D eigenvalue weighted by atomic mass is 9.92. The van der Waals surface area contributed by atoms with Gasteiger partial charge in [0, 0.05) is 30.1 Å². The highest BCUT2D eigenvalue weighted by Gasteiger charge is 2.52. The van der Waals surface area contributed by atoms with Gasteiger partial charge in [-0.15, -0.1) is 12.4 Å². The number of fused-ring (bicyclic) bond motifs is 1. The molecule has 7 heteroatoms. The smallest absolute Gasteiger partial charge is 0.223 e. The Labute approximate surface area is 145 Å². The molecular formula is C16H19Cl2FN2O2. The number of nitrogens with zero attached hydrogens (tertiary/aromatic N) is 1. The minimum Gasteiger partial charge on any atom is -0.505 e. The molecule has 1 saturated heterocycles. The molecule has 23 heavy (non-hydrogen) atoms. The van der Waals surface area contributed by atoms with Gasteiger partial charge in [0.2, 0.25) is 5.91 Å². The molecule has 1 unspecified atom stereocenters. The van der Waals surface area contributed by atoms with Crippen molar-refractivity contribution in [2.24, 2.45) is 5.41 Å². The molecule has 1 saturated carbocycles. The average Bonchev–Trinajstić information content (AvgIpc) is 3.15. The summed E-state index contributed by atoms with van der Waals surface area (Å²) in [7, 11) is 0. The van der Waals surface area contributed by atoms with Crippen LogP contribution >= 0.6 is 24.0 Å². The molecule has 1 atom stereocenters. The summed E-state index contributed by atoms with van der Waals surface area (Å²) in [5.74, 6) is -0.887. The van der Waals surface area contributed by atoms with Crippen molar-refractivity contribution in [3.63, 3.8) is 0 Å². The van der Waals surface area contributed by atoms with Gasteiger partial charge in [0.15, 0.2) is 11.6 Å². The first-order valence-corrected chi connectivity index (χ1v) is 8.08. The van der Waals surface area contributed by atoms with Gasteiger partial charge in [-0.2, -0.15) is 0 Å². The van der Waals surface area contributed by atoms with E-state index in [1.54, 1.807) is 0 Å². The van der Waals surface area contributed by atoms with Crippen molar-refractivity contribution in [1.82, 2.24) is 10.2 Å². The van der Waals surface area contributed by atoms with E-state index in [4.69, 9.17) is 11.6 Å². The fraction of sp³-hybridized carbons (Fsp3) is 0.562. The summed E-state index contributed by atoms with van der Waals surface area (Å²) >= 11 is 6.13. The molecule has 2 fully saturated rings. The van der Waals surface area contributed by atoms with Crippen LogP contribution in [0, 0.1) is 11.2 Å². The first kappa shape index (κ1) is 16.8. The van der Waals surface area contributed by atoms with Gasteiger partial charge < -0.3 is 15.3 Å². The Morgan fingerprint density at radius 3 is 2.87 bits per heavy atom. The first-order chi connectivity index (χ1) is 10.5. The summed E-state index contributed by atoms with van der Waals surface area (Å²) in [6.07, 6.45) is 3.52. The number of benzene rings is 1. The zero-order valence-electron chi connectivity index (χ0n) is 12.6. The molecule has 4 nitrogen and oxygen atoms in total. The van der Waals surface area contributed by atoms with E-state index < -0.39 is 5.82 Å². The second-order valence-corrected chi connectivity index (χ2v) is 7.20. The summed E-state index contributed by atoms with van der Waals surface area (Å²) < 4.78 is 13.8. The number of phenolic OH excluding ortho intramolecular Hbond substituents is 1. The number of hydrogen-bond donors (Lipinski definition) is 2. The molecule has 2 heterocycles. The average molecular weight is 361 g/mol. The summed E-state index contributed by atoms with van der Waals surface area (Å²) in [5, 5.41) is 13.8. The summed E-state index contributed by atoms with van der Waals surface area (Å²) in [4.78, 5) is 14.0. The number of hydrogen-bond acceptors (Lipinski definition) is 3. The van der Waals surface area contributed by atoms with Crippen molar-refractivity contribution in [1.29, 1.82) is 0 Å². The Bertz CT molecular complexity index is 664. The monoisotopic (exact) mass is 360 g/mol. The van der Waals surface area contributed by atoms with Crippen LogP contribution in [0.1, 0.15) is 36.4 Å². The molecule has 0 radical (unpaired) electrons. The molecule has 1 amide bonds. The van der Waals surface area contributed by atoms with E-state index >= 15 is 0 Å². The lowest BCUT2D eigenvalue weighted by molar-refractivity contribution is -0.128. The van der Waals surface area contributed by atoms with Gasteiger partial charge in [-0.05, 0) is 42.9 Å². The zero-order valence-corrected chi connectivity index (χ0v) is 14.1. The molecular weight excluding hydrogens is 342 g/mol. The highest BCUT2D eigenvalue weighted by molar-refractivity contribution is 6.31. The Morgan fingerprint density at radius 2 is 2.22 bits per heavy atom. The number of likely N-dealkylation sites (tertiary alicyclic amines) is 1. The van der Waals surface area contributed by atoms with Crippen molar-refractivity contribution in [2.75, 3.05) is 19.6 Å². The Morgan fingerprint density at radius 1 is 1.48 bits per heavy atom. The minimum atomic E-state index is -0.705. The molecule has 2 N–H and O–H groups in total. The summed E-state index contributed by atoms with van der Waals surface area (Å²) in [6.45, 7) is 1.94. The molecule has 3 aliphatic rings.